The zero-order valence-electron chi connectivity index (χ0n) is 27.1. The summed E-state index contributed by atoms with van der Waals surface area (Å²) in [4.78, 5) is 15.2. The normalized spacial score (nSPS) is 16.8. The van der Waals surface area contributed by atoms with Gasteiger partial charge in [0.1, 0.15) is 6.04 Å². The number of hydrogen-bond donors (Lipinski definition) is 1. The van der Waals surface area contributed by atoms with Gasteiger partial charge in [-0.1, -0.05) is 103 Å². The van der Waals surface area contributed by atoms with Crippen molar-refractivity contribution in [3.05, 3.63) is 59.3 Å². The molecule has 0 bridgehead atoms. The molecule has 1 aliphatic heterocycles. The van der Waals surface area contributed by atoms with Crippen LogP contribution in [0.25, 0.3) is 10.9 Å². The fourth-order valence-corrected chi connectivity index (χ4v) is 6.78. The lowest BCUT2D eigenvalue weighted by Gasteiger charge is -2.41. The topological polar surface area (TPSA) is 63.9 Å². The lowest BCUT2D eigenvalue weighted by molar-refractivity contribution is -0.144. The summed E-state index contributed by atoms with van der Waals surface area (Å²) in [5.41, 5.74) is 4.71. The van der Waals surface area contributed by atoms with E-state index in [-0.39, 0.29) is 6.04 Å². The minimum absolute atomic E-state index is 0.183. The van der Waals surface area contributed by atoms with E-state index >= 15 is 0 Å². The second-order valence-corrected chi connectivity index (χ2v) is 12.2. The smallest absolute Gasteiger partial charge is 0.321 e. The van der Waals surface area contributed by atoms with E-state index in [1.165, 1.54) is 54.3 Å². The summed E-state index contributed by atoms with van der Waals surface area (Å²) >= 11 is 0. The van der Waals surface area contributed by atoms with E-state index in [1.54, 1.807) is 7.11 Å². The molecule has 6 nitrogen and oxygen atoms in total. The Labute approximate surface area is 259 Å². The molecule has 0 unspecified atom stereocenters. The van der Waals surface area contributed by atoms with Crippen molar-refractivity contribution in [2.24, 2.45) is 0 Å². The van der Waals surface area contributed by atoms with Gasteiger partial charge in [0.15, 0.2) is 11.5 Å². The number of benzene rings is 2. The number of aromatic nitrogens is 1. The van der Waals surface area contributed by atoms with E-state index in [0.717, 1.165) is 69.3 Å². The van der Waals surface area contributed by atoms with Gasteiger partial charge >= 0.3 is 5.97 Å². The molecule has 2 atom stereocenters. The Balaban J connectivity index is 1.81. The first kappa shape index (κ1) is 32.9. The van der Waals surface area contributed by atoms with Crippen molar-refractivity contribution < 1.29 is 19.4 Å². The molecule has 1 N–H and O–H groups in total. The van der Waals surface area contributed by atoms with Crippen LogP contribution in [0.1, 0.15) is 121 Å². The fourth-order valence-electron chi connectivity index (χ4n) is 6.78. The van der Waals surface area contributed by atoms with Gasteiger partial charge in [0, 0.05) is 29.6 Å². The molecule has 0 fully saturated rings. The Morgan fingerprint density at radius 1 is 0.837 bits per heavy atom. The number of fused-ring (bicyclic) bond motifs is 3. The summed E-state index contributed by atoms with van der Waals surface area (Å²) in [5.74, 6) is 0.719. The summed E-state index contributed by atoms with van der Waals surface area (Å²) in [5, 5.41) is 11.8. The first-order chi connectivity index (χ1) is 21.0. The Kier molecular flexibility index (Phi) is 12.8. The predicted octanol–water partition coefficient (Wildman–Crippen LogP) is 9.17. The number of methoxy groups -OCH3 is 1. The molecule has 2 aromatic carbocycles. The molecule has 43 heavy (non-hydrogen) atoms. The molecule has 0 spiro atoms. The van der Waals surface area contributed by atoms with Crippen molar-refractivity contribution in [1.82, 2.24) is 9.47 Å². The average molecular weight is 591 g/mol. The number of aliphatic carboxylic acids is 1. The highest BCUT2D eigenvalue weighted by Crippen LogP contribution is 2.45. The molecule has 3 aromatic rings. The Morgan fingerprint density at radius 2 is 1.51 bits per heavy atom. The maximum atomic E-state index is 12.9. The second kappa shape index (κ2) is 16.7. The molecule has 4 rings (SSSR count). The van der Waals surface area contributed by atoms with Crippen LogP contribution in [-0.2, 0) is 17.8 Å². The third-order valence-electron chi connectivity index (χ3n) is 9.06. The van der Waals surface area contributed by atoms with E-state index in [2.05, 4.69) is 66.6 Å². The SMILES string of the molecule is CCCCCCOc1ccc([C@H]2c3c(c4ccccc4n3CCCCCC)C[C@@H](C(=O)O)N2CCCCCC)cc1OC. The zero-order valence-corrected chi connectivity index (χ0v) is 27.1. The highest BCUT2D eigenvalue weighted by Gasteiger charge is 2.42. The monoisotopic (exact) mass is 590 g/mol. The number of ether oxygens (including phenoxy) is 2. The molecule has 0 saturated carbocycles. The van der Waals surface area contributed by atoms with Crippen LogP contribution in [0.4, 0.5) is 0 Å². The minimum Gasteiger partial charge on any atom is -0.493 e. The summed E-state index contributed by atoms with van der Waals surface area (Å²) in [6, 6.07) is 14.1. The van der Waals surface area contributed by atoms with Crippen molar-refractivity contribution in [2.45, 2.75) is 123 Å². The zero-order chi connectivity index (χ0) is 30.6. The van der Waals surface area contributed by atoms with E-state index in [1.807, 2.05) is 6.07 Å². The third-order valence-corrected chi connectivity index (χ3v) is 9.06. The molecular weight excluding hydrogens is 536 g/mol. The summed E-state index contributed by atoms with van der Waals surface area (Å²) in [7, 11) is 1.70. The minimum atomic E-state index is -0.745. The lowest BCUT2D eigenvalue weighted by atomic mass is 9.87. The van der Waals surface area contributed by atoms with E-state index in [4.69, 9.17) is 9.47 Å². The first-order valence-corrected chi connectivity index (χ1v) is 16.9. The van der Waals surface area contributed by atoms with Gasteiger partial charge in [0.2, 0.25) is 0 Å². The number of nitrogens with zero attached hydrogens (tertiary/aromatic N) is 2. The Morgan fingerprint density at radius 3 is 2.19 bits per heavy atom. The molecule has 0 radical (unpaired) electrons. The van der Waals surface area contributed by atoms with Crippen molar-refractivity contribution in [2.75, 3.05) is 20.3 Å². The average Bonchev–Trinajstić information content (AvgIpc) is 3.33. The van der Waals surface area contributed by atoms with Gasteiger partial charge in [0.05, 0.1) is 19.8 Å². The van der Waals surface area contributed by atoms with Crippen molar-refractivity contribution in [3.63, 3.8) is 0 Å². The quantitative estimate of drug-likeness (QED) is 0.141. The van der Waals surface area contributed by atoms with E-state index in [0.29, 0.717) is 18.8 Å². The number of carboxylic acid groups (broad SMARTS) is 1. The molecular formula is C37H54N2O4. The van der Waals surface area contributed by atoms with Gasteiger partial charge in [-0.25, -0.2) is 0 Å². The highest BCUT2D eigenvalue weighted by atomic mass is 16.5. The molecule has 2 heterocycles. The van der Waals surface area contributed by atoms with Gasteiger partial charge in [-0.3, -0.25) is 9.69 Å². The summed E-state index contributed by atoms with van der Waals surface area (Å²) < 4.78 is 14.6. The summed E-state index contributed by atoms with van der Waals surface area (Å²) in [6.07, 6.45) is 14.3. The van der Waals surface area contributed by atoms with Gasteiger partial charge in [-0.2, -0.15) is 0 Å². The Hall–Kier alpha value is -2.99. The van der Waals surface area contributed by atoms with Crippen LogP contribution in [0.15, 0.2) is 42.5 Å². The van der Waals surface area contributed by atoms with Crippen LogP contribution in [0, 0.1) is 0 Å². The van der Waals surface area contributed by atoms with Crippen LogP contribution >= 0.6 is 0 Å². The molecule has 0 amide bonds. The summed E-state index contributed by atoms with van der Waals surface area (Å²) in [6.45, 7) is 9.02. The number of carboxylic acids is 1. The highest BCUT2D eigenvalue weighted by molar-refractivity contribution is 5.88. The fraction of sp³-hybridized carbons (Fsp3) is 0.595. The van der Waals surface area contributed by atoms with Gasteiger partial charge < -0.3 is 19.1 Å². The number of aryl methyl sites for hydroxylation is 1. The number of unbranched alkanes of at least 4 members (excludes halogenated alkanes) is 9. The third kappa shape index (κ3) is 7.94. The van der Waals surface area contributed by atoms with Crippen molar-refractivity contribution in [1.29, 1.82) is 0 Å². The number of para-hydroxylation sites is 1. The molecule has 6 heteroatoms. The predicted molar refractivity (Wildman–Crippen MR) is 177 cm³/mol. The maximum Gasteiger partial charge on any atom is 0.321 e. The van der Waals surface area contributed by atoms with E-state index < -0.39 is 12.0 Å². The molecule has 0 aliphatic carbocycles. The maximum absolute atomic E-state index is 12.9. The van der Waals surface area contributed by atoms with Crippen molar-refractivity contribution in [3.8, 4) is 11.5 Å². The van der Waals surface area contributed by atoms with Crippen LogP contribution in [0.3, 0.4) is 0 Å². The van der Waals surface area contributed by atoms with Crippen LogP contribution in [0.5, 0.6) is 11.5 Å². The Bertz CT molecular complexity index is 1300. The van der Waals surface area contributed by atoms with Gasteiger partial charge in [-0.05, 0) is 55.1 Å². The largest absolute Gasteiger partial charge is 0.493 e. The molecule has 1 aliphatic rings. The van der Waals surface area contributed by atoms with E-state index in [9.17, 15) is 9.90 Å². The van der Waals surface area contributed by atoms with Crippen LogP contribution < -0.4 is 9.47 Å². The molecule has 236 valence electrons. The van der Waals surface area contributed by atoms with Crippen molar-refractivity contribution >= 4 is 16.9 Å². The van der Waals surface area contributed by atoms with Crippen LogP contribution in [-0.4, -0.2) is 46.8 Å². The van der Waals surface area contributed by atoms with Gasteiger partial charge in [0.25, 0.3) is 0 Å². The molecule has 1 aromatic heterocycles. The van der Waals surface area contributed by atoms with Gasteiger partial charge in [-0.15, -0.1) is 0 Å². The first-order valence-electron chi connectivity index (χ1n) is 16.9. The second-order valence-electron chi connectivity index (χ2n) is 12.2. The number of rotatable bonds is 19. The molecule has 0 saturated heterocycles. The number of carbonyl (C=O) groups is 1. The van der Waals surface area contributed by atoms with Crippen LogP contribution in [0.2, 0.25) is 0 Å². The number of hydrogen-bond acceptors (Lipinski definition) is 4. The standard InChI is InChI=1S/C37H54N2O4/c1-5-8-11-16-23-38-31-20-15-14-19-29(31)30-27-32(37(40)41)39(24-17-12-9-6-2)35(36(30)38)28-21-22-33(34(26-28)42-4)43-25-18-13-10-7-3/h14-15,19-22,26,32,35H,5-13,16-18,23-25,27H2,1-4H3,(H,40,41)/t32-,35-/m0/s1. The lowest BCUT2D eigenvalue weighted by Crippen LogP contribution is -2.49.